The Morgan fingerprint density at radius 1 is 0.972 bits per heavy atom. The van der Waals surface area contributed by atoms with Crippen LogP contribution < -0.4 is 24.8 Å². The van der Waals surface area contributed by atoms with Crippen LogP contribution in [0, 0.1) is 5.92 Å². The molecule has 0 radical (unpaired) electrons. The van der Waals surface area contributed by atoms with Crippen molar-refractivity contribution in [1.29, 1.82) is 0 Å². The standard InChI is InChI=1S/C28H33N7O/c1-33(2)27-20-25(30-23-11-8-12-24(19-23)36-21-22-9-4-3-5-10-22)31-28(32-27)35-17-15-34(16-18-35)26-13-6-7-14-29-26/h3-9,11-14,19-20,22H,10,15-18,21H2,1-2H3,(H,30,31,32). The first-order chi connectivity index (χ1) is 17.6. The molecule has 2 aromatic heterocycles. The summed E-state index contributed by atoms with van der Waals surface area (Å²) in [7, 11) is 4.00. The first kappa shape index (κ1) is 23.7. The van der Waals surface area contributed by atoms with Crippen LogP contribution in [-0.4, -0.2) is 61.8 Å². The number of hydrogen-bond acceptors (Lipinski definition) is 8. The van der Waals surface area contributed by atoms with Crippen molar-refractivity contribution >= 4 is 29.1 Å². The highest BCUT2D eigenvalue weighted by molar-refractivity contribution is 5.63. The maximum atomic E-state index is 6.07. The lowest BCUT2D eigenvalue weighted by molar-refractivity contribution is 0.276. The van der Waals surface area contributed by atoms with E-state index in [2.05, 4.69) is 50.5 Å². The normalized spacial score (nSPS) is 17.2. The summed E-state index contributed by atoms with van der Waals surface area (Å²) in [6.45, 7) is 4.08. The monoisotopic (exact) mass is 483 g/mol. The van der Waals surface area contributed by atoms with Gasteiger partial charge in [-0.15, -0.1) is 0 Å². The van der Waals surface area contributed by atoms with Gasteiger partial charge in [-0.25, -0.2) is 4.98 Å². The van der Waals surface area contributed by atoms with Crippen LogP contribution in [0.25, 0.3) is 0 Å². The van der Waals surface area contributed by atoms with Gasteiger partial charge in [-0.05, 0) is 30.7 Å². The largest absolute Gasteiger partial charge is 0.493 e. The van der Waals surface area contributed by atoms with E-state index in [9.17, 15) is 0 Å². The van der Waals surface area contributed by atoms with Crippen LogP contribution in [0.2, 0.25) is 0 Å². The Morgan fingerprint density at radius 2 is 1.83 bits per heavy atom. The van der Waals surface area contributed by atoms with Crippen LogP contribution in [0.1, 0.15) is 6.42 Å². The summed E-state index contributed by atoms with van der Waals surface area (Å²) in [5.41, 5.74) is 0.931. The number of hydrogen-bond donors (Lipinski definition) is 1. The molecule has 1 atom stereocenters. The van der Waals surface area contributed by atoms with Crippen molar-refractivity contribution < 1.29 is 4.74 Å². The van der Waals surface area contributed by atoms with Crippen LogP contribution in [0.4, 0.5) is 29.1 Å². The first-order valence-electron chi connectivity index (χ1n) is 12.4. The van der Waals surface area contributed by atoms with Gasteiger partial charge in [0.15, 0.2) is 0 Å². The van der Waals surface area contributed by atoms with E-state index in [4.69, 9.17) is 14.7 Å². The minimum atomic E-state index is 0.414. The highest BCUT2D eigenvalue weighted by Crippen LogP contribution is 2.26. The quantitative estimate of drug-likeness (QED) is 0.502. The highest BCUT2D eigenvalue weighted by Gasteiger charge is 2.21. The summed E-state index contributed by atoms with van der Waals surface area (Å²) < 4.78 is 6.07. The maximum Gasteiger partial charge on any atom is 0.229 e. The number of pyridine rings is 1. The SMILES string of the molecule is CN(C)c1cc(Nc2cccc(OCC3C=CC=CC3)c2)nc(N2CCN(c3ccccn3)CC2)n1. The Morgan fingerprint density at radius 3 is 2.58 bits per heavy atom. The molecule has 8 heteroatoms. The fourth-order valence-corrected chi connectivity index (χ4v) is 4.30. The lowest BCUT2D eigenvalue weighted by Gasteiger charge is -2.35. The minimum absolute atomic E-state index is 0.414. The zero-order valence-electron chi connectivity index (χ0n) is 20.9. The van der Waals surface area contributed by atoms with Gasteiger partial charge in [-0.2, -0.15) is 9.97 Å². The average molecular weight is 484 g/mol. The predicted molar refractivity (Wildman–Crippen MR) is 147 cm³/mol. The van der Waals surface area contributed by atoms with Crippen molar-refractivity contribution in [1.82, 2.24) is 15.0 Å². The molecule has 0 spiro atoms. The van der Waals surface area contributed by atoms with Gasteiger partial charge in [0, 0.05) is 70.2 Å². The first-order valence-corrected chi connectivity index (χ1v) is 12.4. The van der Waals surface area contributed by atoms with Crippen LogP contribution in [0.3, 0.4) is 0 Å². The third-order valence-electron chi connectivity index (χ3n) is 6.33. The summed E-state index contributed by atoms with van der Waals surface area (Å²) in [6.07, 6.45) is 11.4. The molecule has 1 aliphatic heterocycles. The maximum absolute atomic E-state index is 6.07. The van der Waals surface area contributed by atoms with Crippen LogP contribution >= 0.6 is 0 Å². The molecule has 1 aliphatic carbocycles. The fraction of sp³-hybridized carbons (Fsp3) is 0.321. The predicted octanol–water partition coefficient (Wildman–Crippen LogP) is 4.52. The number of anilines is 5. The van der Waals surface area contributed by atoms with Gasteiger partial charge in [0.1, 0.15) is 23.2 Å². The molecule has 1 unspecified atom stereocenters. The molecule has 2 aliphatic rings. The summed E-state index contributed by atoms with van der Waals surface area (Å²) in [5, 5.41) is 3.46. The second-order valence-corrected chi connectivity index (χ2v) is 9.24. The smallest absolute Gasteiger partial charge is 0.229 e. The van der Waals surface area contributed by atoms with Crippen molar-refractivity contribution in [3.8, 4) is 5.75 Å². The Labute approximate surface area is 213 Å². The van der Waals surface area contributed by atoms with Crippen molar-refractivity contribution in [2.75, 3.05) is 66.9 Å². The zero-order valence-corrected chi connectivity index (χ0v) is 20.9. The molecule has 1 saturated heterocycles. The number of rotatable bonds is 8. The number of benzene rings is 1. The fourth-order valence-electron chi connectivity index (χ4n) is 4.30. The number of nitrogens with one attached hydrogen (secondary N) is 1. The number of allylic oxidation sites excluding steroid dienone is 3. The zero-order chi connectivity index (χ0) is 24.7. The molecule has 0 bridgehead atoms. The van der Waals surface area contributed by atoms with Gasteiger partial charge < -0.3 is 24.8 Å². The highest BCUT2D eigenvalue weighted by atomic mass is 16.5. The molecule has 0 saturated carbocycles. The number of piperazine rings is 1. The third kappa shape index (κ3) is 5.94. The van der Waals surface area contributed by atoms with E-state index >= 15 is 0 Å². The molecular weight excluding hydrogens is 450 g/mol. The molecule has 3 heterocycles. The molecular formula is C28H33N7O. The molecule has 0 amide bonds. The van der Waals surface area contributed by atoms with Crippen LogP contribution in [0.5, 0.6) is 5.75 Å². The van der Waals surface area contributed by atoms with Gasteiger partial charge in [0.25, 0.3) is 0 Å². The third-order valence-corrected chi connectivity index (χ3v) is 6.33. The van der Waals surface area contributed by atoms with Crippen molar-refractivity contribution in [3.05, 3.63) is 79.0 Å². The Kier molecular flexibility index (Phi) is 7.30. The summed E-state index contributed by atoms with van der Waals surface area (Å²) in [4.78, 5) is 20.7. The summed E-state index contributed by atoms with van der Waals surface area (Å²) in [5.74, 6) is 4.62. The Bertz CT molecular complexity index is 1200. The van der Waals surface area contributed by atoms with Crippen LogP contribution in [-0.2, 0) is 0 Å². The number of ether oxygens (including phenoxy) is 1. The van der Waals surface area contributed by atoms with Gasteiger partial charge in [-0.3, -0.25) is 0 Å². The molecule has 1 fully saturated rings. The van der Waals surface area contributed by atoms with Crippen molar-refractivity contribution in [3.63, 3.8) is 0 Å². The molecule has 8 nitrogen and oxygen atoms in total. The lowest BCUT2D eigenvalue weighted by atomic mass is 10.0. The summed E-state index contributed by atoms with van der Waals surface area (Å²) in [6, 6.07) is 16.0. The molecule has 186 valence electrons. The van der Waals surface area contributed by atoms with Crippen molar-refractivity contribution in [2.24, 2.45) is 5.92 Å². The number of aromatic nitrogens is 3. The van der Waals surface area contributed by atoms with Gasteiger partial charge in [0.2, 0.25) is 5.95 Å². The van der Waals surface area contributed by atoms with E-state index in [0.717, 1.165) is 67.4 Å². The van der Waals surface area contributed by atoms with E-state index in [1.54, 1.807) is 0 Å². The van der Waals surface area contributed by atoms with E-state index < -0.39 is 0 Å². The van der Waals surface area contributed by atoms with E-state index in [-0.39, 0.29) is 0 Å². The van der Waals surface area contributed by atoms with Gasteiger partial charge >= 0.3 is 0 Å². The molecule has 36 heavy (non-hydrogen) atoms. The van der Waals surface area contributed by atoms with Crippen molar-refractivity contribution in [2.45, 2.75) is 6.42 Å². The van der Waals surface area contributed by atoms with E-state index in [0.29, 0.717) is 12.5 Å². The topological polar surface area (TPSA) is 69.7 Å². The minimum Gasteiger partial charge on any atom is -0.493 e. The lowest BCUT2D eigenvalue weighted by Crippen LogP contribution is -2.47. The second-order valence-electron chi connectivity index (χ2n) is 9.24. The van der Waals surface area contributed by atoms with Gasteiger partial charge in [0.05, 0.1) is 6.61 Å². The van der Waals surface area contributed by atoms with Gasteiger partial charge in [-0.1, -0.05) is 36.4 Å². The van der Waals surface area contributed by atoms with Crippen LogP contribution in [0.15, 0.2) is 79.0 Å². The molecule has 1 aromatic carbocycles. The number of nitrogens with zero attached hydrogens (tertiary/aromatic N) is 6. The molecule has 3 aromatic rings. The Hall–Kier alpha value is -4.07. The second kappa shape index (κ2) is 11.1. The average Bonchev–Trinajstić information content (AvgIpc) is 2.93. The van der Waals surface area contributed by atoms with E-state index in [1.807, 2.05) is 67.7 Å². The summed E-state index contributed by atoms with van der Waals surface area (Å²) >= 11 is 0. The van der Waals surface area contributed by atoms with E-state index in [1.165, 1.54) is 0 Å². The molecule has 1 N–H and O–H groups in total. The molecule has 5 rings (SSSR count). The Balaban J connectivity index is 1.27.